The van der Waals surface area contributed by atoms with Crippen molar-refractivity contribution < 1.29 is 9.78 Å². The second-order valence-electron chi connectivity index (χ2n) is 7.53. The van der Waals surface area contributed by atoms with Crippen molar-refractivity contribution in [2.75, 3.05) is 0 Å². The van der Waals surface area contributed by atoms with Gasteiger partial charge in [-0.3, -0.25) is 9.78 Å². The lowest BCUT2D eigenvalue weighted by atomic mass is 10.0. The first-order chi connectivity index (χ1) is 12.9. The smallest absolute Gasteiger partial charge is 0.138 e. The molecule has 0 bridgehead atoms. The summed E-state index contributed by atoms with van der Waals surface area (Å²) in [7, 11) is 0. The van der Waals surface area contributed by atoms with Gasteiger partial charge in [-0.25, -0.2) is 0 Å². The molecular weight excluding hydrogens is 320 g/mol. The Bertz CT molecular complexity index is 286. The fourth-order valence-electron chi connectivity index (χ4n) is 3.34. The van der Waals surface area contributed by atoms with Gasteiger partial charge < -0.3 is 0 Å². The van der Waals surface area contributed by atoms with Crippen molar-refractivity contribution in [1.29, 1.82) is 0 Å². The number of hydrogen-bond acceptors (Lipinski definition) is 2. The summed E-state index contributed by atoms with van der Waals surface area (Å²) in [6.45, 7) is 5.70. The molecule has 0 radical (unpaired) electrons. The van der Waals surface area contributed by atoms with E-state index < -0.39 is 0 Å². The second-order valence-corrected chi connectivity index (χ2v) is 7.53. The fraction of sp³-hybridized carbons (Fsp3) is 0.833. The molecule has 0 heterocycles. The Kier molecular flexibility index (Phi) is 23.2. The third kappa shape index (κ3) is 23.1. The predicted molar refractivity (Wildman–Crippen MR) is 115 cm³/mol. The minimum absolute atomic E-state index is 1.07. The molecule has 0 unspecified atom stereocenters. The number of rotatable bonds is 22. The SMILES string of the molecule is C=COOC=CCCCCCCCCCCCCCCCCCCCC. The van der Waals surface area contributed by atoms with Crippen molar-refractivity contribution in [2.24, 2.45) is 0 Å². The lowest BCUT2D eigenvalue weighted by Crippen LogP contribution is -1.84. The maximum atomic E-state index is 4.72. The van der Waals surface area contributed by atoms with Gasteiger partial charge in [-0.1, -0.05) is 123 Å². The molecule has 0 aromatic rings. The first-order valence-corrected chi connectivity index (χ1v) is 11.5. The van der Waals surface area contributed by atoms with Gasteiger partial charge in [0.2, 0.25) is 0 Å². The minimum Gasteiger partial charge on any atom is -0.299 e. The molecule has 154 valence electrons. The lowest BCUT2D eigenvalue weighted by molar-refractivity contribution is -0.195. The zero-order valence-electron chi connectivity index (χ0n) is 17.7. The summed E-state index contributed by atoms with van der Waals surface area (Å²) in [5, 5.41) is 0. The van der Waals surface area contributed by atoms with Gasteiger partial charge in [-0.05, 0) is 18.9 Å². The van der Waals surface area contributed by atoms with E-state index in [0.717, 1.165) is 6.42 Å². The summed E-state index contributed by atoms with van der Waals surface area (Å²) in [5.74, 6) is 0. The minimum atomic E-state index is 1.07. The Morgan fingerprint density at radius 2 is 0.923 bits per heavy atom. The van der Waals surface area contributed by atoms with Gasteiger partial charge in [-0.15, -0.1) is 0 Å². The van der Waals surface area contributed by atoms with E-state index in [1.165, 1.54) is 122 Å². The van der Waals surface area contributed by atoms with E-state index in [0.29, 0.717) is 0 Å². The van der Waals surface area contributed by atoms with Crippen LogP contribution in [0.2, 0.25) is 0 Å². The molecule has 0 aromatic heterocycles. The maximum absolute atomic E-state index is 4.72. The Balaban J connectivity index is 3.01. The molecular formula is C24H46O2. The van der Waals surface area contributed by atoms with Crippen LogP contribution in [0.3, 0.4) is 0 Å². The van der Waals surface area contributed by atoms with Gasteiger partial charge in [0.1, 0.15) is 12.5 Å². The summed E-state index contributed by atoms with van der Waals surface area (Å²) in [4.78, 5) is 9.27. The average Bonchev–Trinajstić information content (AvgIpc) is 2.66. The first-order valence-electron chi connectivity index (χ1n) is 11.5. The monoisotopic (exact) mass is 366 g/mol. The van der Waals surface area contributed by atoms with Gasteiger partial charge in [0, 0.05) is 0 Å². The van der Waals surface area contributed by atoms with Crippen LogP contribution in [-0.4, -0.2) is 0 Å². The quantitative estimate of drug-likeness (QED) is 0.0823. The van der Waals surface area contributed by atoms with Crippen molar-refractivity contribution >= 4 is 0 Å². The van der Waals surface area contributed by atoms with Crippen LogP contribution >= 0.6 is 0 Å². The zero-order valence-corrected chi connectivity index (χ0v) is 17.7. The predicted octanol–water partition coefficient (Wildman–Crippen LogP) is 9.02. The molecule has 2 heteroatoms. The number of allylic oxidation sites excluding steroid dienone is 1. The average molecular weight is 367 g/mol. The van der Waals surface area contributed by atoms with Gasteiger partial charge >= 0.3 is 0 Å². The Morgan fingerprint density at radius 3 is 1.31 bits per heavy atom. The van der Waals surface area contributed by atoms with Gasteiger partial charge in [0.15, 0.2) is 0 Å². The molecule has 0 aliphatic heterocycles. The molecule has 0 amide bonds. The Labute approximate surface area is 164 Å². The zero-order chi connectivity index (χ0) is 19.0. The topological polar surface area (TPSA) is 18.5 Å². The van der Waals surface area contributed by atoms with E-state index in [9.17, 15) is 0 Å². The van der Waals surface area contributed by atoms with Crippen molar-refractivity contribution in [1.82, 2.24) is 0 Å². The number of unbranched alkanes of at least 4 members (excludes halogenated alkanes) is 18. The Morgan fingerprint density at radius 1 is 0.538 bits per heavy atom. The lowest BCUT2D eigenvalue weighted by Gasteiger charge is -2.03. The van der Waals surface area contributed by atoms with Crippen LogP contribution in [0.4, 0.5) is 0 Å². The van der Waals surface area contributed by atoms with E-state index in [1.54, 1.807) is 6.26 Å². The summed E-state index contributed by atoms with van der Waals surface area (Å²) in [6, 6.07) is 0. The molecule has 0 atom stereocenters. The standard InChI is InChI=1S/C24H46O2/c1-3-5-6-7-8-9-10-11-12-13-14-15-16-17-18-19-20-21-22-23-24-26-25-4-2/h4,23-24H,2-3,5-22H2,1H3. The molecule has 0 N–H and O–H groups in total. The highest BCUT2D eigenvalue weighted by Gasteiger charge is 1.94. The van der Waals surface area contributed by atoms with E-state index in [2.05, 4.69) is 18.4 Å². The van der Waals surface area contributed by atoms with Crippen LogP contribution in [0.5, 0.6) is 0 Å². The highest BCUT2D eigenvalue weighted by Crippen LogP contribution is 2.14. The molecule has 26 heavy (non-hydrogen) atoms. The summed E-state index contributed by atoms with van der Waals surface area (Å²) >= 11 is 0. The van der Waals surface area contributed by atoms with Crippen LogP contribution in [0, 0.1) is 0 Å². The van der Waals surface area contributed by atoms with Crippen molar-refractivity contribution in [2.45, 2.75) is 129 Å². The molecule has 0 fully saturated rings. The fourth-order valence-corrected chi connectivity index (χ4v) is 3.34. The second kappa shape index (κ2) is 24.1. The third-order valence-electron chi connectivity index (χ3n) is 5.00. The molecule has 2 nitrogen and oxygen atoms in total. The van der Waals surface area contributed by atoms with Gasteiger partial charge in [0.05, 0.1) is 0 Å². The first kappa shape index (κ1) is 25.1. The van der Waals surface area contributed by atoms with Crippen LogP contribution < -0.4 is 0 Å². The van der Waals surface area contributed by atoms with E-state index in [4.69, 9.17) is 4.89 Å². The molecule has 0 spiro atoms. The van der Waals surface area contributed by atoms with Crippen LogP contribution in [0.15, 0.2) is 25.2 Å². The van der Waals surface area contributed by atoms with Crippen molar-refractivity contribution in [3.05, 3.63) is 25.2 Å². The summed E-state index contributed by atoms with van der Waals surface area (Å²) in [6.07, 6.45) is 31.5. The molecule has 0 aliphatic rings. The highest BCUT2D eigenvalue weighted by atomic mass is 17.2. The van der Waals surface area contributed by atoms with E-state index >= 15 is 0 Å². The van der Waals surface area contributed by atoms with Crippen molar-refractivity contribution in [3.63, 3.8) is 0 Å². The molecule has 0 aromatic carbocycles. The van der Waals surface area contributed by atoms with Crippen LogP contribution in [0.1, 0.15) is 129 Å². The van der Waals surface area contributed by atoms with Gasteiger partial charge in [0.25, 0.3) is 0 Å². The molecule has 0 saturated heterocycles. The van der Waals surface area contributed by atoms with Crippen LogP contribution in [0.25, 0.3) is 0 Å². The summed E-state index contributed by atoms with van der Waals surface area (Å²) in [5.41, 5.74) is 0. The van der Waals surface area contributed by atoms with Gasteiger partial charge in [-0.2, -0.15) is 0 Å². The number of hydrogen-bond donors (Lipinski definition) is 0. The normalized spacial score (nSPS) is 11.1. The molecule has 0 saturated carbocycles. The molecule has 0 rings (SSSR count). The van der Waals surface area contributed by atoms with Crippen LogP contribution in [-0.2, 0) is 9.78 Å². The largest absolute Gasteiger partial charge is 0.299 e. The highest BCUT2D eigenvalue weighted by molar-refractivity contribution is 4.72. The Hall–Kier alpha value is -0.920. The van der Waals surface area contributed by atoms with E-state index in [1.807, 2.05) is 6.08 Å². The third-order valence-corrected chi connectivity index (χ3v) is 5.00. The van der Waals surface area contributed by atoms with E-state index in [-0.39, 0.29) is 0 Å². The van der Waals surface area contributed by atoms with Crippen molar-refractivity contribution in [3.8, 4) is 0 Å². The summed E-state index contributed by atoms with van der Waals surface area (Å²) < 4.78 is 0. The molecule has 0 aliphatic carbocycles. The maximum Gasteiger partial charge on any atom is 0.138 e.